The highest BCUT2D eigenvalue weighted by atomic mass is 35.5. The number of hydrogen-bond donors (Lipinski definition) is 1. The number of nitrogen functional groups attached to an aromatic ring is 1. The zero-order valence-electron chi connectivity index (χ0n) is 6.21. The van der Waals surface area contributed by atoms with Crippen molar-refractivity contribution in [3.8, 4) is 6.07 Å². The predicted molar refractivity (Wildman–Crippen MR) is 48.0 cm³/mol. The number of aromatic nitrogens is 2. The molecule has 0 unspecified atom stereocenters. The number of nitriles is 1. The maximum Gasteiger partial charge on any atom is 0.184 e. The Morgan fingerprint density at radius 2 is 2.25 bits per heavy atom. The second-order valence-corrected chi connectivity index (χ2v) is 3.02. The molecule has 6 heteroatoms. The van der Waals surface area contributed by atoms with Gasteiger partial charge in [0.1, 0.15) is 11.1 Å². The highest BCUT2D eigenvalue weighted by Crippen LogP contribution is 2.22. The molecule has 0 amide bonds. The second kappa shape index (κ2) is 3.61. The molecule has 12 heavy (non-hydrogen) atoms. The first-order valence-electron chi connectivity index (χ1n) is 2.96. The van der Waals surface area contributed by atoms with Crippen molar-refractivity contribution in [2.45, 2.75) is 5.03 Å². The molecule has 0 bridgehead atoms. The summed E-state index contributed by atoms with van der Waals surface area (Å²) in [6.07, 6.45) is 1.81. The molecule has 0 saturated heterocycles. The third-order valence-corrected chi connectivity index (χ3v) is 2.20. The van der Waals surface area contributed by atoms with Gasteiger partial charge in [0, 0.05) is 0 Å². The number of rotatable bonds is 1. The molecule has 0 aromatic carbocycles. The first-order valence-corrected chi connectivity index (χ1v) is 4.56. The summed E-state index contributed by atoms with van der Waals surface area (Å²) in [6, 6.07) is 1.80. The lowest BCUT2D eigenvalue weighted by Crippen LogP contribution is -1.99. The molecule has 0 radical (unpaired) electrons. The molecular weight excluding hydrogens is 196 g/mol. The normalized spacial score (nSPS) is 9.42. The molecule has 1 aromatic heterocycles. The number of thioether (sulfide) groups is 1. The van der Waals surface area contributed by atoms with E-state index >= 15 is 0 Å². The van der Waals surface area contributed by atoms with Gasteiger partial charge in [0.15, 0.2) is 16.7 Å². The van der Waals surface area contributed by atoms with Gasteiger partial charge in [-0.25, -0.2) is 9.97 Å². The lowest BCUT2D eigenvalue weighted by atomic mass is 10.4. The Hall–Kier alpha value is -0.990. The molecule has 1 rings (SSSR count). The molecule has 2 N–H and O–H groups in total. The van der Waals surface area contributed by atoms with Gasteiger partial charge < -0.3 is 5.73 Å². The van der Waals surface area contributed by atoms with E-state index in [1.165, 1.54) is 11.8 Å². The summed E-state index contributed by atoms with van der Waals surface area (Å²) in [7, 11) is 0. The minimum Gasteiger partial charge on any atom is -0.381 e. The molecule has 0 aliphatic carbocycles. The van der Waals surface area contributed by atoms with Crippen molar-refractivity contribution in [1.29, 1.82) is 5.26 Å². The molecule has 4 nitrogen and oxygen atoms in total. The molecule has 0 spiro atoms. The van der Waals surface area contributed by atoms with Crippen LogP contribution < -0.4 is 5.73 Å². The van der Waals surface area contributed by atoms with Crippen LogP contribution in [0.5, 0.6) is 0 Å². The SMILES string of the molecule is CSc1nc(N)c(C#N)nc1Cl. The van der Waals surface area contributed by atoms with Gasteiger partial charge in [0.2, 0.25) is 0 Å². The quantitative estimate of drug-likeness (QED) is 0.692. The summed E-state index contributed by atoms with van der Waals surface area (Å²) in [4.78, 5) is 7.64. The van der Waals surface area contributed by atoms with Gasteiger partial charge in [-0.15, -0.1) is 11.8 Å². The molecule has 0 fully saturated rings. The summed E-state index contributed by atoms with van der Waals surface area (Å²) in [5, 5.41) is 9.26. The van der Waals surface area contributed by atoms with Gasteiger partial charge in [-0.05, 0) is 6.26 Å². The van der Waals surface area contributed by atoms with E-state index in [9.17, 15) is 0 Å². The highest BCUT2D eigenvalue weighted by Gasteiger charge is 2.08. The van der Waals surface area contributed by atoms with E-state index < -0.39 is 0 Å². The Morgan fingerprint density at radius 3 is 2.75 bits per heavy atom. The number of halogens is 1. The number of hydrogen-bond acceptors (Lipinski definition) is 5. The van der Waals surface area contributed by atoms with E-state index in [2.05, 4.69) is 9.97 Å². The first-order chi connectivity index (χ1) is 5.69. The molecule has 62 valence electrons. The molecule has 1 aromatic rings. The minimum absolute atomic E-state index is 0.0674. The van der Waals surface area contributed by atoms with Crippen molar-refractivity contribution in [3.63, 3.8) is 0 Å². The Labute approximate surface area is 78.8 Å². The fourth-order valence-corrected chi connectivity index (χ4v) is 1.39. The van der Waals surface area contributed by atoms with E-state index in [-0.39, 0.29) is 16.7 Å². The summed E-state index contributed by atoms with van der Waals surface area (Å²) in [5.41, 5.74) is 5.48. The van der Waals surface area contributed by atoms with Crippen LogP contribution in [0, 0.1) is 11.3 Å². The molecule has 0 aliphatic rings. The van der Waals surface area contributed by atoms with Crippen LogP contribution >= 0.6 is 23.4 Å². The standard InChI is InChI=1S/C6H5ClN4S/c1-12-6-4(7)10-3(2-8)5(9)11-6/h1H3,(H2,9,11). The van der Waals surface area contributed by atoms with Crippen LogP contribution in [0.25, 0.3) is 0 Å². The van der Waals surface area contributed by atoms with E-state index in [0.717, 1.165) is 0 Å². The Balaban J connectivity index is 3.28. The van der Waals surface area contributed by atoms with Gasteiger partial charge >= 0.3 is 0 Å². The van der Waals surface area contributed by atoms with Crippen molar-refractivity contribution < 1.29 is 0 Å². The third-order valence-electron chi connectivity index (χ3n) is 1.15. The monoisotopic (exact) mass is 200 g/mol. The van der Waals surface area contributed by atoms with E-state index in [1.54, 1.807) is 12.3 Å². The molecule has 0 atom stereocenters. The maximum absolute atomic E-state index is 8.51. The fraction of sp³-hybridized carbons (Fsp3) is 0.167. The van der Waals surface area contributed by atoms with Crippen LogP contribution in [-0.4, -0.2) is 16.2 Å². The lowest BCUT2D eigenvalue weighted by molar-refractivity contribution is 1.05. The van der Waals surface area contributed by atoms with E-state index in [4.69, 9.17) is 22.6 Å². The highest BCUT2D eigenvalue weighted by molar-refractivity contribution is 7.98. The zero-order chi connectivity index (χ0) is 9.14. The van der Waals surface area contributed by atoms with Crippen molar-refractivity contribution in [2.24, 2.45) is 0 Å². The Morgan fingerprint density at radius 1 is 1.58 bits per heavy atom. The van der Waals surface area contributed by atoms with Gasteiger partial charge in [-0.1, -0.05) is 11.6 Å². The van der Waals surface area contributed by atoms with E-state index in [0.29, 0.717) is 5.03 Å². The van der Waals surface area contributed by atoms with Crippen LogP contribution in [0.1, 0.15) is 5.69 Å². The second-order valence-electron chi connectivity index (χ2n) is 1.87. The number of nitrogens with two attached hydrogens (primary N) is 1. The smallest absolute Gasteiger partial charge is 0.184 e. The van der Waals surface area contributed by atoms with Crippen molar-refractivity contribution in [2.75, 3.05) is 12.0 Å². The topological polar surface area (TPSA) is 75.6 Å². The largest absolute Gasteiger partial charge is 0.381 e. The van der Waals surface area contributed by atoms with Crippen LogP contribution in [0.4, 0.5) is 5.82 Å². The minimum atomic E-state index is 0.0674. The summed E-state index contributed by atoms with van der Waals surface area (Å²) >= 11 is 7.01. The first kappa shape index (κ1) is 9.10. The van der Waals surface area contributed by atoms with Crippen molar-refractivity contribution in [3.05, 3.63) is 10.8 Å². The Kier molecular flexibility index (Phi) is 2.74. The van der Waals surface area contributed by atoms with Crippen LogP contribution in [-0.2, 0) is 0 Å². The van der Waals surface area contributed by atoms with Gasteiger partial charge in [0.05, 0.1) is 0 Å². The number of nitrogens with zero attached hydrogens (tertiary/aromatic N) is 3. The Bertz CT molecular complexity index is 345. The van der Waals surface area contributed by atoms with Crippen LogP contribution in [0.2, 0.25) is 5.15 Å². The zero-order valence-corrected chi connectivity index (χ0v) is 7.78. The van der Waals surface area contributed by atoms with E-state index in [1.807, 2.05) is 0 Å². The predicted octanol–water partition coefficient (Wildman–Crippen LogP) is 1.31. The summed E-state index contributed by atoms with van der Waals surface area (Å²) in [6.45, 7) is 0. The molecule has 1 heterocycles. The maximum atomic E-state index is 8.51. The lowest BCUT2D eigenvalue weighted by Gasteiger charge is -2.00. The van der Waals surface area contributed by atoms with Gasteiger partial charge in [0.25, 0.3) is 0 Å². The van der Waals surface area contributed by atoms with Gasteiger partial charge in [-0.3, -0.25) is 0 Å². The summed E-state index contributed by atoms with van der Waals surface area (Å²) in [5.74, 6) is 0.117. The average molecular weight is 201 g/mol. The van der Waals surface area contributed by atoms with Crippen LogP contribution in [0.15, 0.2) is 5.03 Å². The average Bonchev–Trinajstić information content (AvgIpc) is 2.08. The van der Waals surface area contributed by atoms with Crippen molar-refractivity contribution >= 4 is 29.2 Å². The molecule has 0 aliphatic heterocycles. The van der Waals surface area contributed by atoms with Crippen molar-refractivity contribution in [1.82, 2.24) is 9.97 Å². The number of anilines is 1. The summed E-state index contributed by atoms with van der Waals surface area (Å²) < 4.78 is 0. The van der Waals surface area contributed by atoms with Crippen LogP contribution in [0.3, 0.4) is 0 Å². The van der Waals surface area contributed by atoms with Gasteiger partial charge in [-0.2, -0.15) is 5.26 Å². The molecule has 0 saturated carbocycles. The third kappa shape index (κ3) is 1.60. The fourth-order valence-electron chi connectivity index (χ4n) is 0.624. The molecular formula is C6H5ClN4S.